The summed E-state index contributed by atoms with van der Waals surface area (Å²) in [4.78, 5) is 22.3. The van der Waals surface area contributed by atoms with Crippen molar-refractivity contribution >= 4 is 49.8 Å². The highest BCUT2D eigenvalue weighted by molar-refractivity contribution is 7.22. The van der Waals surface area contributed by atoms with Gasteiger partial charge in [0, 0.05) is 32.4 Å². The molecule has 1 saturated heterocycles. The topological polar surface area (TPSA) is 105 Å². The maximum absolute atomic E-state index is 6.45. The van der Waals surface area contributed by atoms with Crippen molar-refractivity contribution in [1.82, 2.24) is 19.9 Å². The van der Waals surface area contributed by atoms with Gasteiger partial charge in [0.15, 0.2) is 16.8 Å². The Bertz CT molecular complexity index is 1190. The molecule has 4 aromatic rings. The third-order valence-electron chi connectivity index (χ3n) is 5.24. The number of pyridine rings is 1. The molecule has 1 fully saturated rings. The molecule has 3 aromatic heterocycles. The molecule has 9 nitrogen and oxygen atoms in total. The number of hydrogen-bond acceptors (Lipinski definition) is 10. The first-order valence-corrected chi connectivity index (χ1v) is 10.8. The van der Waals surface area contributed by atoms with Crippen molar-refractivity contribution in [3.8, 4) is 5.75 Å². The van der Waals surface area contributed by atoms with E-state index in [0.717, 1.165) is 58.9 Å². The smallest absolute Gasteiger partial charge is 0.189 e. The van der Waals surface area contributed by atoms with Crippen molar-refractivity contribution in [1.29, 1.82) is 0 Å². The number of rotatable bonds is 5. The Labute approximate surface area is 183 Å². The number of nitrogens with one attached hydrogen (secondary N) is 1. The van der Waals surface area contributed by atoms with Crippen LogP contribution in [0.4, 0.5) is 28.3 Å². The number of ether oxygens (including phenoxy) is 1. The second-order valence-corrected chi connectivity index (χ2v) is 8.13. The highest BCUT2D eigenvalue weighted by Crippen LogP contribution is 2.34. The number of hydrogen-bond donors (Lipinski definition) is 2. The summed E-state index contributed by atoms with van der Waals surface area (Å²) in [6, 6.07) is 11.8. The maximum Gasteiger partial charge on any atom is 0.189 e. The molecule has 0 aliphatic carbocycles. The Morgan fingerprint density at radius 2 is 1.87 bits per heavy atom. The standard InChI is InChI=1S/C21H22N8OS/c1-30-14-5-6-15-16(12-14)31-21(26-15)27-19-18(22)20(25-13-24-19)29-10-8-28(9-11-29)17-4-2-3-7-23-17/h2-7,12-13H,8-11,22H2,1H3,(H,24,25,26,27). The molecule has 158 valence electrons. The fourth-order valence-corrected chi connectivity index (χ4v) is 4.51. The maximum atomic E-state index is 6.45. The van der Waals surface area contributed by atoms with E-state index in [-0.39, 0.29) is 0 Å². The van der Waals surface area contributed by atoms with Crippen LogP contribution in [-0.4, -0.2) is 53.2 Å². The number of benzene rings is 1. The predicted molar refractivity (Wildman–Crippen MR) is 125 cm³/mol. The molecule has 0 radical (unpaired) electrons. The van der Waals surface area contributed by atoms with Crippen LogP contribution < -0.4 is 25.6 Å². The molecule has 4 heterocycles. The number of nitrogen functional groups attached to an aromatic ring is 1. The number of nitrogens with two attached hydrogens (primary N) is 1. The van der Waals surface area contributed by atoms with Crippen LogP contribution in [-0.2, 0) is 0 Å². The summed E-state index contributed by atoms with van der Waals surface area (Å²) < 4.78 is 6.32. The third kappa shape index (κ3) is 3.89. The van der Waals surface area contributed by atoms with Gasteiger partial charge in [-0.15, -0.1) is 0 Å². The number of thiazole rings is 1. The number of aromatic nitrogens is 4. The van der Waals surface area contributed by atoms with Crippen LogP contribution in [0.15, 0.2) is 48.9 Å². The summed E-state index contributed by atoms with van der Waals surface area (Å²) in [6.45, 7) is 3.31. The van der Waals surface area contributed by atoms with Crippen LogP contribution in [0, 0.1) is 0 Å². The van der Waals surface area contributed by atoms with Crippen LogP contribution in [0.5, 0.6) is 5.75 Å². The lowest BCUT2D eigenvalue weighted by Gasteiger charge is -2.36. The zero-order valence-electron chi connectivity index (χ0n) is 17.0. The molecule has 0 spiro atoms. The van der Waals surface area contributed by atoms with E-state index in [1.165, 1.54) is 17.7 Å². The molecule has 0 amide bonds. The minimum Gasteiger partial charge on any atom is -0.497 e. The Morgan fingerprint density at radius 3 is 2.65 bits per heavy atom. The second kappa shape index (κ2) is 8.23. The summed E-state index contributed by atoms with van der Waals surface area (Å²) in [5.74, 6) is 3.09. The highest BCUT2D eigenvalue weighted by atomic mass is 32.1. The van der Waals surface area contributed by atoms with Crippen molar-refractivity contribution in [3.63, 3.8) is 0 Å². The zero-order chi connectivity index (χ0) is 21.2. The average Bonchev–Trinajstić information content (AvgIpc) is 3.22. The molecular weight excluding hydrogens is 412 g/mol. The first-order valence-electron chi connectivity index (χ1n) is 9.94. The number of nitrogens with zero attached hydrogens (tertiary/aromatic N) is 6. The normalized spacial score (nSPS) is 14.1. The summed E-state index contributed by atoms with van der Waals surface area (Å²) in [5.41, 5.74) is 7.86. The molecule has 1 aliphatic heterocycles. The first-order chi connectivity index (χ1) is 15.2. The highest BCUT2D eigenvalue weighted by Gasteiger charge is 2.22. The van der Waals surface area contributed by atoms with Crippen molar-refractivity contribution in [2.75, 3.05) is 54.1 Å². The van der Waals surface area contributed by atoms with E-state index in [1.54, 1.807) is 7.11 Å². The summed E-state index contributed by atoms with van der Waals surface area (Å²) in [5, 5.41) is 3.98. The fourth-order valence-electron chi connectivity index (χ4n) is 3.61. The Morgan fingerprint density at radius 1 is 1.03 bits per heavy atom. The molecular formula is C21H22N8OS. The zero-order valence-corrected chi connectivity index (χ0v) is 17.8. The minimum atomic E-state index is 0.519. The second-order valence-electron chi connectivity index (χ2n) is 7.10. The van der Waals surface area contributed by atoms with E-state index in [0.29, 0.717) is 11.5 Å². The monoisotopic (exact) mass is 434 g/mol. The van der Waals surface area contributed by atoms with Crippen molar-refractivity contribution in [2.24, 2.45) is 0 Å². The summed E-state index contributed by atoms with van der Waals surface area (Å²) in [7, 11) is 1.65. The van der Waals surface area contributed by atoms with Gasteiger partial charge in [-0.05, 0) is 30.3 Å². The molecule has 31 heavy (non-hydrogen) atoms. The van der Waals surface area contributed by atoms with E-state index in [1.807, 2.05) is 42.6 Å². The lowest BCUT2D eigenvalue weighted by Crippen LogP contribution is -2.47. The Hall–Kier alpha value is -3.66. The van der Waals surface area contributed by atoms with E-state index < -0.39 is 0 Å². The molecule has 1 aliphatic rings. The van der Waals surface area contributed by atoms with Gasteiger partial charge >= 0.3 is 0 Å². The number of methoxy groups -OCH3 is 1. The van der Waals surface area contributed by atoms with Gasteiger partial charge in [-0.3, -0.25) is 0 Å². The van der Waals surface area contributed by atoms with E-state index in [4.69, 9.17) is 10.5 Å². The van der Waals surface area contributed by atoms with Crippen LogP contribution >= 0.6 is 11.3 Å². The number of anilines is 5. The average molecular weight is 435 g/mol. The lowest BCUT2D eigenvalue weighted by molar-refractivity contribution is 0.415. The van der Waals surface area contributed by atoms with Crippen molar-refractivity contribution in [2.45, 2.75) is 0 Å². The molecule has 5 rings (SSSR count). The lowest BCUT2D eigenvalue weighted by atomic mass is 10.3. The Kier molecular flexibility index (Phi) is 5.13. The van der Waals surface area contributed by atoms with E-state index in [9.17, 15) is 0 Å². The van der Waals surface area contributed by atoms with Gasteiger partial charge in [-0.25, -0.2) is 19.9 Å². The van der Waals surface area contributed by atoms with Crippen LogP contribution in [0.1, 0.15) is 0 Å². The molecule has 0 saturated carbocycles. The molecule has 0 atom stereocenters. The summed E-state index contributed by atoms with van der Waals surface area (Å²) >= 11 is 1.52. The van der Waals surface area contributed by atoms with Gasteiger partial charge < -0.3 is 25.6 Å². The van der Waals surface area contributed by atoms with Crippen molar-refractivity contribution < 1.29 is 4.74 Å². The predicted octanol–water partition coefficient (Wildman–Crippen LogP) is 3.14. The van der Waals surface area contributed by atoms with E-state index in [2.05, 4.69) is 35.1 Å². The SMILES string of the molecule is COc1ccc2nc(Nc3ncnc(N4CCN(c5ccccn5)CC4)c3N)sc2c1. The molecule has 3 N–H and O–H groups in total. The molecule has 0 unspecified atom stereocenters. The largest absolute Gasteiger partial charge is 0.497 e. The van der Waals surface area contributed by atoms with Crippen LogP contribution in [0.3, 0.4) is 0 Å². The molecule has 10 heteroatoms. The third-order valence-corrected chi connectivity index (χ3v) is 6.17. The fraction of sp³-hybridized carbons (Fsp3) is 0.238. The Balaban J connectivity index is 1.32. The van der Waals surface area contributed by atoms with Crippen molar-refractivity contribution in [3.05, 3.63) is 48.9 Å². The quantitative estimate of drug-likeness (QED) is 0.490. The van der Waals surface area contributed by atoms with Gasteiger partial charge in [0.2, 0.25) is 0 Å². The van der Waals surface area contributed by atoms with E-state index >= 15 is 0 Å². The van der Waals surface area contributed by atoms with Gasteiger partial charge in [0.25, 0.3) is 0 Å². The molecule has 0 bridgehead atoms. The number of piperazine rings is 1. The first kappa shape index (κ1) is 19.3. The van der Waals surface area contributed by atoms with Gasteiger partial charge in [0.1, 0.15) is 23.6 Å². The van der Waals surface area contributed by atoms with Gasteiger partial charge in [0.05, 0.1) is 17.3 Å². The van der Waals surface area contributed by atoms with Crippen LogP contribution in [0.25, 0.3) is 10.2 Å². The van der Waals surface area contributed by atoms with Crippen LogP contribution in [0.2, 0.25) is 0 Å². The minimum absolute atomic E-state index is 0.519. The number of fused-ring (bicyclic) bond motifs is 1. The molecule has 1 aromatic carbocycles. The van der Waals surface area contributed by atoms with Gasteiger partial charge in [-0.1, -0.05) is 17.4 Å². The van der Waals surface area contributed by atoms with Gasteiger partial charge in [-0.2, -0.15) is 0 Å². The summed E-state index contributed by atoms with van der Waals surface area (Å²) in [6.07, 6.45) is 3.36.